The maximum absolute atomic E-state index is 11.4. The van der Waals surface area contributed by atoms with Crippen molar-refractivity contribution < 1.29 is 18.3 Å². The summed E-state index contributed by atoms with van der Waals surface area (Å²) in [5, 5.41) is 17.0. The lowest BCUT2D eigenvalue weighted by Crippen LogP contribution is -2.41. The molecule has 1 unspecified atom stereocenters. The fraction of sp³-hybridized carbons (Fsp3) is 0.778. The first-order valence-electron chi connectivity index (χ1n) is 5.02. The van der Waals surface area contributed by atoms with Gasteiger partial charge in [-0.3, -0.25) is 4.79 Å². The molecule has 0 aromatic carbocycles. The van der Waals surface area contributed by atoms with Crippen molar-refractivity contribution in [3.8, 4) is 6.07 Å². The normalized spacial score (nSPS) is 13.0. The van der Waals surface area contributed by atoms with E-state index in [1.54, 1.807) is 6.92 Å². The third-order valence-electron chi connectivity index (χ3n) is 1.90. The van der Waals surface area contributed by atoms with E-state index >= 15 is 0 Å². The van der Waals surface area contributed by atoms with Crippen LogP contribution < -0.4 is 4.72 Å². The average molecular weight is 248 g/mol. The molecule has 0 aliphatic rings. The van der Waals surface area contributed by atoms with E-state index in [1.165, 1.54) is 0 Å². The number of nitriles is 1. The Kier molecular flexibility index (Phi) is 6.69. The van der Waals surface area contributed by atoms with Crippen molar-refractivity contribution in [2.75, 3.05) is 5.75 Å². The molecule has 0 aromatic heterocycles. The summed E-state index contributed by atoms with van der Waals surface area (Å²) in [5.41, 5.74) is 0. The molecule has 0 rings (SSSR count). The lowest BCUT2D eigenvalue weighted by Gasteiger charge is -2.13. The van der Waals surface area contributed by atoms with Crippen molar-refractivity contribution in [2.45, 2.75) is 38.6 Å². The number of carbonyl (C=O) groups is 1. The average Bonchev–Trinajstić information content (AvgIpc) is 2.17. The van der Waals surface area contributed by atoms with Crippen LogP contribution in [0.15, 0.2) is 0 Å². The second-order valence-corrected chi connectivity index (χ2v) is 5.25. The number of carboxylic acid groups (broad SMARTS) is 1. The molecular weight excluding hydrogens is 232 g/mol. The molecule has 0 saturated heterocycles. The van der Waals surface area contributed by atoms with E-state index in [9.17, 15) is 13.2 Å². The number of nitrogens with one attached hydrogen (secondary N) is 1. The highest BCUT2D eigenvalue weighted by atomic mass is 32.2. The number of unbranched alkanes of at least 4 members (excludes halogenated alkanes) is 1. The summed E-state index contributed by atoms with van der Waals surface area (Å²) in [6, 6.07) is 0.761. The fourth-order valence-corrected chi connectivity index (χ4v) is 2.43. The number of hydrogen-bond acceptors (Lipinski definition) is 4. The Morgan fingerprint density at radius 1 is 1.56 bits per heavy atom. The number of hydrogen-bond donors (Lipinski definition) is 2. The second kappa shape index (κ2) is 7.19. The first-order valence-corrected chi connectivity index (χ1v) is 6.68. The van der Waals surface area contributed by atoms with Gasteiger partial charge in [-0.25, -0.2) is 13.1 Å². The molecule has 7 heteroatoms. The van der Waals surface area contributed by atoms with Gasteiger partial charge < -0.3 is 5.11 Å². The zero-order chi connectivity index (χ0) is 12.6. The SMILES string of the molecule is CCCC(NS(=O)(=O)CCCC#N)C(=O)O. The molecule has 1 atom stereocenters. The number of nitrogens with zero attached hydrogens (tertiary/aromatic N) is 1. The van der Waals surface area contributed by atoms with Gasteiger partial charge in [0, 0.05) is 6.42 Å². The van der Waals surface area contributed by atoms with Gasteiger partial charge in [0.1, 0.15) is 6.04 Å². The van der Waals surface area contributed by atoms with E-state index in [-0.39, 0.29) is 25.0 Å². The first kappa shape index (κ1) is 14.9. The number of aliphatic carboxylic acids is 1. The van der Waals surface area contributed by atoms with Crippen LogP contribution in [0, 0.1) is 11.3 Å². The van der Waals surface area contributed by atoms with E-state index in [1.807, 2.05) is 6.07 Å². The molecule has 0 fully saturated rings. The van der Waals surface area contributed by atoms with E-state index < -0.39 is 22.0 Å². The molecule has 0 aromatic rings. The first-order chi connectivity index (χ1) is 7.43. The molecule has 0 aliphatic heterocycles. The van der Waals surface area contributed by atoms with Gasteiger partial charge in [0.2, 0.25) is 10.0 Å². The molecule has 0 bridgehead atoms. The molecule has 0 spiro atoms. The summed E-state index contributed by atoms with van der Waals surface area (Å²) >= 11 is 0. The van der Waals surface area contributed by atoms with Crippen molar-refractivity contribution in [1.82, 2.24) is 4.72 Å². The van der Waals surface area contributed by atoms with Crippen LogP contribution >= 0.6 is 0 Å². The Hall–Kier alpha value is -1.13. The minimum absolute atomic E-state index is 0.145. The van der Waals surface area contributed by atoms with Gasteiger partial charge in [-0.2, -0.15) is 5.26 Å². The van der Waals surface area contributed by atoms with Crippen molar-refractivity contribution in [1.29, 1.82) is 5.26 Å². The number of sulfonamides is 1. The van der Waals surface area contributed by atoms with Crippen LogP contribution in [-0.2, 0) is 14.8 Å². The molecule has 6 nitrogen and oxygen atoms in total. The van der Waals surface area contributed by atoms with Crippen LogP contribution in [0.25, 0.3) is 0 Å². The Morgan fingerprint density at radius 3 is 2.62 bits per heavy atom. The van der Waals surface area contributed by atoms with Gasteiger partial charge in [0.05, 0.1) is 11.8 Å². The smallest absolute Gasteiger partial charge is 0.321 e. The molecule has 0 aliphatic carbocycles. The molecule has 0 saturated carbocycles. The predicted octanol–water partition coefficient (Wildman–Crippen LogP) is 0.463. The van der Waals surface area contributed by atoms with Crippen molar-refractivity contribution >= 4 is 16.0 Å². The maximum Gasteiger partial charge on any atom is 0.321 e. The largest absolute Gasteiger partial charge is 0.480 e. The molecule has 0 heterocycles. The predicted molar refractivity (Wildman–Crippen MR) is 58.1 cm³/mol. The van der Waals surface area contributed by atoms with Gasteiger partial charge in [-0.1, -0.05) is 13.3 Å². The third-order valence-corrected chi connectivity index (χ3v) is 3.37. The Morgan fingerprint density at radius 2 is 2.19 bits per heavy atom. The quantitative estimate of drug-likeness (QED) is 0.607. The van der Waals surface area contributed by atoms with Crippen LogP contribution in [0.5, 0.6) is 0 Å². The Bertz CT molecular complexity index is 358. The van der Waals surface area contributed by atoms with E-state index in [4.69, 9.17) is 10.4 Å². The van der Waals surface area contributed by atoms with Crippen LogP contribution in [0.1, 0.15) is 32.6 Å². The lowest BCUT2D eigenvalue weighted by atomic mass is 10.2. The summed E-state index contributed by atoms with van der Waals surface area (Å²) in [4.78, 5) is 10.7. The molecule has 92 valence electrons. The number of rotatable bonds is 8. The molecular formula is C9H16N2O4S. The fourth-order valence-electron chi connectivity index (χ4n) is 1.14. The lowest BCUT2D eigenvalue weighted by molar-refractivity contribution is -0.139. The van der Waals surface area contributed by atoms with Crippen LogP contribution in [0.3, 0.4) is 0 Å². The highest BCUT2D eigenvalue weighted by Crippen LogP contribution is 2.01. The minimum atomic E-state index is -3.60. The molecule has 0 amide bonds. The summed E-state index contributed by atoms with van der Waals surface area (Å²) in [6.45, 7) is 1.78. The van der Waals surface area contributed by atoms with Gasteiger partial charge in [0.15, 0.2) is 0 Å². The summed E-state index contributed by atoms with van der Waals surface area (Å²) < 4.78 is 24.9. The molecule has 0 radical (unpaired) electrons. The van der Waals surface area contributed by atoms with Gasteiger partial charge in [0.25, 0.3) is 0 Å². The number of carboxylic acids is 1. The summed E-state index contributed by atoms with van der Waals surface area (Å²) in [6.07, 6.45) is 1.20. The van der Waals surface area contributed by atoms with Crippen molar-refractivity contribution in [2.24, 2.45) is 0 Å². The molecule has 2 N–H and O–H groups in total. The van der Waals surface area contributed by atoms with Crippen molar-refractivity contribution in [3.63, 3.8) is 0 Å². The monoisotopic (exact) mass is 248 g/mol. The van der Waals surface area contributed by atoms with E-state index in [2.05, 4.69) is 4.72 Å². The Labute approximate surface area is 95.3 Å². The summed E-state index contributed by atoms with van der Waals surface area (Å²) in [5.74, 6) is -1.39. The standard InChI is InChI=1S/C9H16N2O4S/c1-2-5-8(9(12)13)11-16(14,15)7-4-3-6-10/h8,11H,2-5,7H2,1H3,(H,12,13). The van der Waals surface area contributed by atoms with Crippen LogP contribution in [-0.4, -0.2) is 31.3 Å². The molecule has 16 heavy (non-hydrogen) atoms. The van der Waals surface area contributed by atoms with E-state index in [0.717, 1.165) is 0 Å². The summed E-state index contributed by atoms with van der Waals surface area (Å²) in [7, 11) is -3.60. The Balaban J connectivity index is 4.31. The van der Waals surface area contributed by atoms with Crippen molar-refractivity contribution in [3.05, 3.63) is 0 Å². The topological polar surface area (TPSA) is 107 Å². The maximum atomic E-state index is 11.4. The van der Waals surface area contributed by atoms with Crippen LogP contribution in [0.4, 0.5) is 0 Å². The second-order valence-electron chi connectivity index (χ2n) is 3.38. The van der Waals surface area contributed by atoms with Gasteiger partial charge in [-0.05, 0) is 12.8 Å². The highest BCUT2D eigenvalue weighted by Gasteiger charge is 2.22. The highest BCUT2D eigenvalue weighted by molar-refractivity contribution is 7.89. The van der Waals surface area contributed by atoms with E-state index in [0.29, 0.717) is 6.42 Å². The minimum Gasteiger partial charge on any atom is -0.480 e. The zero-order valence-corrected chi connectivity index (χ0v) is 9.96. The van der Waals surface area contributed by atoms with Gasteiger partial charge >= 0.3 is 5.97 Å². The third kappa shape index (κ3) is 6.37. The van der Waals surface area contributed by atoms with Gasteiger partial charge in [-0.15, -0.1) is 0 Å². The van der Waals surface area contributed by atoms with Crippen LogP contribution in [0.2, 0.25) is 0 Å². The zero-order valence-electron chi connectivity index (χ0n) is 9.14.